The van der Waals surface area contributed by atoms with E-state index in [0.717, 1.165) is 6.20 Å². The number of ether oxygens (including phenoxy) is 1. The smallest absolute Gasteiger partial charge is 0.373 e. The van der Waals surface area contributed by atoms with Gasteiger partial charge in [0.1, 0.15) is 6.20 Å². The van der Waals surface area contributed by atoms with Crippen molar-refractivity contribution >= 4 is 11.3 Å². The highest BCUT2D eigenvalue weighted by atomic mass is 19.4. The monoisotopic (exact) mass is 260 g/mol. The molecule has 0 saturated heterocycles. The number of hydrogen-bond donors (Lipinski definition) is 0. The minimum absolute atomic E-state index is 0.0217. The topological polar surface area (TPSA) is 65.3 Å². The van der Waals surface area contributed by atoms with Crippen molar-refractivity contribution in [1.29, 1.82) is 0 Å². The largest absolute Gasteiger partial charge is 0.418 e. The SMILES string of the molecule is O=[N+]([O-])c1cnc(C2=CCOC2)c(C(F)(F)F)c1. The van der Waals surface area contributed by atoms with E-state index in [1.165, 1.54) is 6.08 Å². The van der Waals surface area contributed by atoms with E-state index in [-0.39, 0.29) is 24.5 Å². The summed E-state index contributed by atoms with van der Waals surface area (Å²) in [6.07, 6.45) is -2.41. The first-order valence-electron chi connectivity index (χ1n) is 4.88. The third-order valence-corrected chi connectivity index (χ3v) is 2.40. The van der Waals surface area contributed by atoms with Crippen molar-refractivity contribution in [3.05, 3.63) is 39.7 Å². The molecule has 0 amide bonds. The molecule has 1 aromatic rings. The maximum Gasteiger partial charge on any atom is 0.418 e. The van der Waals surface area contributed by atoms with Crippen LogP contribution in [0.3, 0.4) is 0 Å². The van der Waals surface area contributed by atoms with Crippen LogP contribution in [0.25, 0.3) is 5.57 Å². The maximum atomic E-state index is 12.8. The molecule has 0 atom stereocenters. The van der Waals surface area contributed by atoms with Crippen LogP contribution in [0.1, 0.15) is 11.3 Å². The highest BCUT2D eigenvalue weighted by Gasteiger charge is 2.37. The fourth-order valence-corrected chi connectivity index (χ4v) is 1.58. The zero-order valence-electron chi connectivity index (χ0n) is 8.90. The molecule has 0 bridgehead atoms. The first kappa shape index (κ1) is 12.5. The molecule has 0 aromatic carbocycles. The summed E-state index contributed by atoms with van der Waals surface area (Å²) in [5.74, 6) is 0. The van der Waals surface area contributed by atoms with Crippen LogP contribution in [0, 0.1) is 10.1 Å². The summed E-state index contributed by atoms with van der Waals surface area (Å²) in [5.41, 5.74) is -1.83. The normalized spacial score (nSPS) is 15.6. The Morgan fingerprint density at radius 3 is 2.67 bits per heavy atom. The number of nitrogens with zero attached hydrogens (tertiary/aromatic N) is 2. The van der Waals surface area contributed by atoms with E-state index in [9.17, 15) is 23.3 Å². The van der Waals surface area contributed by atoms with Gasteiger partial charge in [0.2, 0.25) is 0 Å². The zero-order chi connectivity index (χ0) is 13.3. The van der Waals surface area contributed by atoms with Crippen molar-refractivity contribution in [2.45, 2.75) is 6.18 Å². The number of pyridine rings is 1. The average molecular weight is 260 g/mol. The highest BCUT2D eigenvalue weighted by Crippen LogP contribution is 2.36. The molecule has 18 heavy (non-hydrogen) atoms. The van der Waals surface area contributed by atoms with Crippen molar-refractivity contribution in [3.63, 3.8) is 0 Å². The molecule has 1 aliphatic rings. The predicted octanol–water partition coefficient (Wildman–Crippen LogP) is 2.42. The lowest BCUT2D eigenvalue weighted by Crippen LogP contribution is -2.11. The molecule has 0 unspecified atom stereocenters. The van der Waals surface area contributed by atoms with Gasteiger partial charge in [-0.05, 0) is 0 Å². The molecule has 0 N–H and O–H groups in total. The van der Waals surface area contributed by atoms with Crippen molar-refractivity contribution < 1.29 is 22.8 Å². The van der Waals surface area contributed by atoms with Crippen LogP contribution in [0.15, 0.2) is 18.3 Å². The number of rotatable bonds is 2. The minimum Gasteiger partial charge on any atom is -0.373 e. The second-order valence-electron chi connectivity index (χ2n) is 3.59. The van der Waals surface area contributed by atoms with Crippen LogP contribution >= 0.6 is 0 Å². The Morgan fingerprint density at radius 1 is 1.44 bits per heavy atom. The molecule has 2 rings (SSSR count). The summed E-state index contributed by atoms with van der Waals surface area (Å²) >= 11 is 0. The molecule has 8 heteroatoms. The average Bonchev–Trinajstić information content (AvgIpc) is 2.80. The first-order valence-corrected chi connectivity index (χ1v) is 4.88. The van der Waals surface area contributed by atoms with E-state index in [0.29, 0.717) is 6.07 Å². The second-order valence-corrected chi connectivity index (χ2v) is 3.59. The van der Waals surface area contributed by atoms with E-state index in [2.05, 4.69) is 4.98 Å². The van der Waals surface area contributed by atoms with E-state index >= 15 is 0 Å². The summed E-state index contributed by atoms with van der Waals surface area (Å²) in [4.78, 5) is 13.1. The first-order chi connectivity index (χ1) is 8.39. The Bertz CT molecular complexity index is 526. The second kappa shape index (κ2) is 4.37. The molecule has 0 radical (unpaired) electrons. The van der Waals surface area contributed by atoms with Gasteiger partial charge >= 0.3 is 6.18 Å². The molecule has 0 spiro atoms. The summed E-state index contributed by atoms with van der Waals surface area (Å²) in [7, 11) is 0. The van der Waals surface area contributed by atoms with E-state index < -0.39 is 22.4 Å². The van der Waals surface area contributed by atoms with Crippen LogP contribution < -0.4 is 0 Å². The number of alkyl halides is 3. The van der Waals surface area contributed by atoms with E-state index in [1.54, 1.807) is 0 Å². The molecule has 0 aliphatic carbocycles. The zero-order valence-corrected chi connectivity index (χ0v) is 8.90. The van der Waals surface area contributed by atoms with Gasteiger partial charge in [-0.3, -0.25) is 10.1 Å². The Balaban J connectivity index is 2.55. The molecule has 1 aliphatic heterocycles. The van der Waals surface area contributed by atoms with Crippen LogP contribution in [-0.4, -0.2) is 23.1 Å². The number of aromatic nitrogens is 1. The van der Waals surface area contributed by atoms with Crippen LogP contribution in [0.5, 0.6) is 0 Å². The maximum absolute atomic E-state index is 12.8. The highest BCUT2D eigenvalue weighted by molar-refractivity contribution is 5.68. The number of hydrogen-bond acceptors (Lipinski definition) is 4. The van der Waals surface area contributed by atoms with Crippen LogP contribution in [0.4, 0.5) is 18.9 Å². The van der Waals surface area contributed by atoms with Crippen molar-refractivity contribution in [2.24, 2.45) is 0 Å². The van der Waals surface area contributed by atoms with Crippen molar-refractivity contribution in [2.75, 3.05) is 13.2 Å². The van der Waals surface area contributed by atoms with Gasteiger partial charge in [-0.2, -0.15) is 13.2 Å². The predicted molar refractivity (Wildman–Crippen MR) is 54.7 cm³/mol. The Kier molecular flexibility index (Phi) is 3.04. The quantitative estimate of drug-likeness (QED) is 0.605. The summed E-state index contributed by atoms with van der Waals surface area (Å²) in [5, 5.41) is 10.5. The molecule has 1 aromatic heterocycles. The van der Waals surface area contributed by atoms with Gasteiger partial charge in [-0.15, -0.1) is 0 Å². The lowest BCUT2D eigenvalue weighted by Gasteiger charge is -2.11. The minimum atomic E-state index is -4.70. The summed E-state index contributed by atoms with van der Waals surface area (Å²) in [6.45, 7) is 0.235. The lowest BCUT2D eigenvalue weighted by atomic mass is 10.1. The Morgan fingerprint density at radius 2 is 2.17 bits per heavy atom. The van der Waals surface area contributed by atoms with Crippen molar-refractivity contribution in [3.8, 4) is 0 Å². The van der Waals surface area contributed by atoms with Gasteiger partial charge in [-0.25, -0.2) is 4.98 Å². The van der Waals surface area contributed by atoms with E-state index in [4.69, 9.17) is 4.74 Å². The lowest BCUT2D eigenvalue weighted by molar-refractivity contribution is -0.385. The molecule has 5 nitrogen and oxygen atoms in total. The Labute approximate surface area is 99.0 Å². The van der Waals surface area contributed by atoms with Gasteiger partial charge in [0, 0.05) is 11.6 Å². The number of nitro groups is 1. The third kappa shape index (κ3) is 2.33. The van der Waals surface area contributed by atoms with Crippen LogP contribution in [0.2, 0.25) is 0 Å². The van der Waals surface area contributed by atoms with Gasteiger partial charge < -0.3 is 4.74 Å². The Hall–Kier alpha value is -1.96. The van der Waals surface area contributed by atoms with Gasteiger partial charge in [-0.1, -0.05) is 6.08 Å². The third-order valence-electron chi connectivity index (χ3n) is 2.40. The fraction of sp³-hybridized carbons (Fsp3) is 0.300. The van der Waals surface area contributed by atoms with Gasteiger partial charge in [0.25, 0.3) is 5.69 Å². The van der Waals surface area contributed by atoms with Gasteiger partial charge in [0.15, 0.2) is 0 Å². The molecule has 2 heterocycles. The van der Waals surface area contributed by atoms with Crippen molar-refractivity contribution in [1.82, 2.24) is 4.98 Å². The van der Waals surface area contributed by atoms with E-state index in [1.807, 2.05) is 0 Å². The molecule has 0 saturated carbocycles. The summed E-state index contributed by atoms with van der Waals surface area (Å²) in [6, 6.07) is 0.488. The molecular weight excluding hydrogens is 253 g/mol. The molecule has 96 valence electrons. The molecular formula is C10H7F3N2O3. The standard InChI is InChI=1S/C10H7F3N2O3/c11-10(12,13)8-3-7(15(16)17)4-14-9(8)6-1-2-18-5-6/h1,3-4H,2,5H2. The fourth-order valence-electron chi connectivity index (χ4n) is 1.58. The summed E-state index contributed by atoms with van der Waals surface area (Å²) < 4.78 is 43.4. The van der Waals surface area contributed by atoms with Crippen LogP contribution in [-0.2, 0) is 10.9 Å². The van der Waals surface area contributed by atoms with Gasteiger partial charge in [0.05, 0.1) is 29.4 Å². The number of halogens is 3. The molecule has 0 fully saturated rings.